The lowest BCUT2D eigenvalue weighted by atomic mass is 10.1. The first-order valence-corrected chi connectivity index (χ1v) is 8.04. The molecule has 0 bridgehead atoms. The SMILES string of the molecule is C[C@@H]1CCN(CC(=O)NCCc2cccc3cccnc23)C1. The van der Waals surface area contributed by atoms with Gasteiger partial charge < -0.3 is 5.32 Å². The van der Waals surface area contributed by atoms with Crippen LogP contribution in [-0.4, -0.2) is 42.0 Å². The molecular weight excluding hydrogens is 274 g/mol. The number of nitrogens with zero attached hydrogens (tertiary/aromatic N) is 2. The van der Waals surface area contributed by atoms with E-state index in [4.69, 9.17) is 0 Å². The molecule has 116 valence electrons. The van der Waals surface area contributed by atoms with Gasteiger partial charge in [-0.25, -0.2) is 0 Å². The van der Waals surface area contributed by atoms with E-state index in [2.05, 4.69) is 40.3 Å². The van der Waals surface area contributed by atoms with E-state index in [1.54, 1.807) is 0 Å². The lowest BCUT2D eigenvalue weighted by molar-refractivity contribution is -0.122. The molecule has 2 aromatic rings. The first-order valence-electron chi connectivity index (χ1n) is 8.04. The Morgan fingerprint density at radius 2 is 2.23 bits per heavy atom. The highest BCUT2D eigenvalue weighted by Gasteiger charge is 2.20. The molecule has 4 nitrogen and oxygen atoms in total. The second kappa shape index (κ2) is 6.88. The molecule has 0 unspecified atom stereocenters. The molecule has 1 N–H and O–H groups in total. The van der Waals surface area contributed by atoms with Crippen LogP contribution in [0.3, 0.4) is 0 Å². The fourth-order valence-electron chi connectivity index (χ4n) is 3.13. The third kappa shape index (κ3) is 3.63. The molecule has 1 aromatic heterocycles. The first-order chi connectivity index (χ1) is 10.7. The van der Waals surface area contributed by atoms with E-state index >= 15 is 0 Å². The normalized spacial score (nSPS) is 18.7. The zero-order valence-corrected chi connectivity index (χ0v) is 13.1. The van der Waals surface area contributed by atoms with Gasteiger partial charge in [0.05, 0.1) is 12.1 Å². The maximum Gasteiger partial charge on any atom is 0.234 e. The number of rotatable bonds is 5. The Balaban J connectivity index is 1.51. The van der Waals surface area contributed by atoms with Gasteiger partial charge in [-0.3, -0.25) is 14.7 Å². The van der Waals surface area contributed by atoms with Crippen molar-refractivity contribution in [3.63, 3.8) is 0 Å². The van der Waals surface area contributed by atoms with E-state index in [1.807, 2.05) is 18.3 Å². The van der Waals surface area contributed by atoms with E-state index in [9.17, 15) is 4.79 Å². The van der Waals surface area contributed by atoms with Gasteiger partial charge in [0.25, 0.3) is 0 Å². The highest BCUT2D eigenvalue weighted by atomic mass is 16.2. The zero-order valence-electron chi connectivity index (χ0n) is 13.1. The number of hydrogen-bond acceptors (Lipinski definition) is 3. The van der Waals surface area contributed by atoms with Crippen molar-refractivity contribution in [3.8, 4) is 0 Å². The van der Waals surface area contributed by atoms with E-state index in [-0.39, 0.29) is 5.91 Å². The van der Waals surface area contributed by atoms with Crippen molar-refractivity contribution in [2.24, 2.45) is 5.92 Å². The number of likely N-dealkylation sites (tertiary alicyclic amines) is 1. The number of carbonyl (C=O) groups excluding carboxylic acids is 1. The highest BCUT2D eigenvalue weighted by molar-refractivity contribution is 5.81. The molecule has 1 saturated heterocycles. The molecule has 1 atom stereocenters. The van der Waals surface area contributed by atoms with Crippen LogP contribution < -0.4 is 5.32 Å². The molecule has 1 fully saturated rings. The third-order valence-corrected chi connectivity index (χ3v) is 4.31. The molecule has 0 radical (unpaired) electrons. The van der Waals surface area contributed by atoms with Crippen molar-refractivity contribution in [2.45, 2.75) is 19.8 Å². The monoisotopic (exact) mass is 297 g/mol. The predicted octanol–water partition coefficient (Wildman–Crippen LogP) is 2.24. The standard InChI is InChI=1S/C18H23N3O/c1-14-8-11-21(12-14)13-17(22)19-10-7-16-5-2-4-15-6-3-9-20-18(15)16/h2-6,9,14H,7-8,10-13H2,1H3,(H,19,22)/t14-/m1/s1. The molecule has 22 heavy (non-hydrogen) atoms. The van der Waals surface area contributed by atoms with E-state index in [1.165, 1.54) is 12.0 Å². The van der Waals surface area contributed by atoms with Crippen molar-refractivity contribution >= 4 is 16.8 Å². The summed E-state index contributed by atoms with van der Waals surface area (Å²) in [6.07, 6.45) is 3.84. The second-order valence-electron chi connectivity index (χ2n) is 6.22. The smallest absolute Gasteiger partial charge is 0.234 e. The van der Waals surface area contributed by atoms with Gasteiger partial charge >= 0.3 is 0 Å². The lowest BCUT2D eigenvalue weighted by Crippen LogP contribution is -2.36. The fourth-order valence-corrected chi connectivity index (χ4v) is 3.13. The van der Waals surface area contributed by atoms with Crippen LogP contribution in [0.4, 0.5) is 0 Å². The number of amides is 1. The van der Waals surface area contributed by atoms with Gasteiger partial charge in [0.2, 0.25) is 5.91 Å². The Bertz CT molecular complexity index is 650. The van der Waals surface area contributed by atoms with Crippen molar-refractivity contribution in [3.05, 3.63) is 42.1 Å². The van der Waals surface area contributed by atoms with Crippen molar-refractivity contribution in [1.29, 1.82) is 0 Å². The van der Waals surface area contributed by atoms with Crippen LogP contribution in [0.15, 0.2) is 36.5 Å². The maximum absolute atomic E-state index is 12.0. The molecule has 0 saturated carbocycles. The van der Waals surface area contributed by atoms with Crippen molar-refractivity contribution in [1.82, 2.24) is 15.2 Å². The summed E-state index contributed by atoms with van der Waals surface area (Å²) in [6.45, 7) is 5.52. The molecule has 2 heterocycles. The summed E-state index contributed by atoms with van der Waals surface area (Å²) in [4.78, 5) is 18.7. The molecule has 1 aromatic carbocycles. The van der Waals surface area contributed by atoms with E-state index < -0.39 is 0 Å². The van der Waals surface area contributed by atoms with Crippen molar-refractivity contribution < 1.29 is 4.79 Å². The predicted molar refractivity (Wildman–Crippen MR) is 88.7 cm³/mol. The third-order valence-electron chi connectivity index (χ3n) is 4.31. The average Bonchev–Trinajstić information content (AvgIpc) is 2.92. The Labute approximate surface area is 131 Å². The summed E-state index contributed by atoms with van der Waals surface area (Å²) >= 11 is 0. The quantitative estimate of drug-likeness (QED) is 0.920. The number of fused-ring (bicyclic) bond motifs is 1. The van der Waals surface area contributed by atoms with Gasteiger partial charge in [0.1, 0.15) is 0 Å². The van der Waals surface area contributed by atoms with Crippen molar-refractivity contribution in [2.75, 3.05) is 26.2 Å². The number of carbonyl (C=O) groups is 1. The minimum Gasteiger partial charge on any atom is -0.355 e. The molecule has 4 heteroatoms. The number of hydrogen-bond donors (Lipinski definition) is 1. The van der Waals surface area contributed by atoms with E-state index in [0.717, 1.165) is 36.3 Å². The Morgan fingerprint density at radius 3 is 3.05 bits per heavy atom. The summed E-state index contributed by atoms with van der Waals surface area (Å²) in [7, 11) is 0. The lowest BCUT2D eigenvalue weighted by Gasteiger charge is -2.14. The molecule has 0 aliphatic carbocycles. The number of para-hydroxylation sites is 1. The maximum atomic E-state index is 12.0. The molecular formula is C18H23N3O. The summed E-state index contributed by atoms with van der Waals surface area (Å²) in [5, 5.41) is 4.18. The zero-order chi connectivity index (χ0) is 15.4. The highest BCUT2D eigenvalue weighted by Crippen LogP contribution is 2.16. The molecule has 1 aliphatic heterocycles. The molecule has 1 amide bonds. The summed E-state index contributed by atoms with van der Waals surface area (Å²) in [5.41, 5.74) is 2.22. The van der Waals surface area contributed by atoms with Crippen LogP contribution in [0.25, 0.3) is 10.9 Å². The average molecular weight is 297 g/mol. The van der Waals surface area contributed by atoms with Gasteiger partial charge in [-0.05, 0) is 36.9 Å². The first kappa shape index (κ1) is 15.0. The number of nitrogens with one attached hydrogen (secondary N) is 1. The summed E-state index contributed by atoms with van der Waals surface area (Å²) in [6, 6.07) is 10.2. The molecule has 0 spiro atoms. The van der Waals surface area contributed by atoms with Gasteiger partial charge in [0.15, 0.2) is 0 Å². The van der Waals surface area contributed by atoms with Crippen LogP contribution in [0, 0.1) is 5.92 Å². The summed E-state index contributed by atoms with van der Waals surface area (Å²) < 4.78 is 0. The van der Waals surface area contributed by atoms with Crippen LogP contribution >= 0.6 is 0 Å². The minimum absolute atomic E-state index is 0.127. The molecule has 1 aliphatic rings. The Hall–Kier alpha value is -1.94. The Kier molecular flexibility index (Phi) is 4.68. The van der Waals surface area contributed by atoms with Crippen LogP contribution in [-0.2, 0) is 11.2 Å². The number of pyridine rings is 1. The van der Waals surface area contributed by atoms with Gasteiger partial charge in [0, 0.05) is 24.7 Å². The van der Waals surface area contributed by atoms with Gasteiger partial charge in [-0.1, -0.05) is 31.2 Å². The Morgan fingerprint density at radius 1 is 1.36 bits per heavy atom. The van der Waals surface area contributed by atoms with Crippen LogP contribution in [0.1, 0.15) is 18.9 Å². The summed E-state index contributed by atoms with van der Waals surface area (Å²) in [5.74, 6) is 0.844. The second-order valence-corrected chi connectivity index (χ2v) is 6.22. The largest absolute Gasteiger partial charge is 0.355 e. The minimum atomic E-state index is 0.127. The molecule has 3 rings (SSSR count). The number of benzene rings is 1. The van der Waals surface area contributed by atoms with Gasteiger partial charge in [-0.2, -0.15) is 0 Å². The van der Waals surface area contributed by atoms with Gasteiger partial charge in [-0.15, -0.1) is 0 Å². The van der Waals surface area contributed by atoms with Crippen LogP contribution in [0.5, 0.6) is 0 Å². The van der Waals surface area contributed by atoms with E-state index in [0.29, 0.717) is 13.1 Å². The topological polar surface area (TPSA) is 45.2 Å². The number of aromatic nitrogens is 1. The van der Waals surface area contributed by atoms with Crippen LogP contribution in [0.2, 0.25) is 0 Å². The fraction of sp³-hybridized carbons (Fsp3) is 0.444.